The molecule has 0 aliphatic heterocycles. The molecule has 0 bridgehead atoms. The van der Waals surface area contributed by atoms with Crippen molar-refractivity contribution in [3.8, 4) is 5.88 Å². The molecule has 1 aromatic heterocycles. The predicted molar refractivity (Wildman–Crippen MR) is 96.0 cm³/mol. The zero-order valence-electron chi connectivity index (χ0n) is 15.4. The molecule has 0 spiro atoms. The first-order valence-corrected chi connectivity index (χ1v) is 9.12. The van der Waals surface area contributed by atoms with Crippen LogP contribution in [0.25, 0.3) is 0 Å². The lowest BCUT2D eigenvalue weighted by Gasteiger charge is -2.23. The van der Waals surface area contributed by atoms with E-state index < -0.39 is 6.04 Å². The monoisotopic (exact) mass is 347 g/mol. The van der Waals surface area contributed by atoms with E-state index in [-0.39, 0.29) is 23.8 Å². The van der Waals surface area contributed by atoms with Crippen LogP contribution in [0.3, 0.4) is 0 Å². The van der Waals surface area contributed by atoms with Crippen LogP contribution in [0.4, 0.5) is 0 Å². The highest BCUT2D eigenvalue weighted by atomic mass is 16.5. The zero-order chi connectivity index (χ0) is 18.2. The Balaban J connectivity index is 1.90. The maximum absolute atomic E-state index is 12.3. The molecule has 0 aromatic carbocycles. The molecule has 1 aromatic rings. The lowest BCUT2D eigenvalue weighted by molar-refractivity contribution is -0.129. The Morgan fingerprint density at radius 2 is 2.00 bits per heavy atom. The van der Waals surface area contributed by atoms with E-state index in [0.717, 1.165) is 18.4 Å². The van der Waals surface area contributed by atoms with Gasteiger partial charge in [-0.25, -0.2) is 4.98 Å². The SMILES string of the molecule is CC(=O)NC(C(=O)NCc1ccnc(OC2CCCCC2)c1)C(C)C. The fraction of sp³-hybridized carbons (Fsp3) is 0.632. The van der Waals surface area contributed by atoms with E-state index in [2.05, 4.69) is 15.6 Å². The van der Waals surface area contributed by atoms with Crippen molar-refractivity contribution in [2.24, 2.45) is 5.92 Å². The van der Waals surface area contributed by atoms with Crippen LogP contribution >= 0.6 is 0 Å². The number of hydrogen-bond acceptors (Lipinski definition) is 4. The summed E-state index contributed by atoms with van der Waals surface area (Å²) >= 11 is 0. The smallest absolute Gasteiger partial charge is 0.243 e. The fourth-order valence-corrected chi connectivity index (χ4v) is 3.03. The van der Waals surface area contributed by atoms with Gasteiger partial charge in [0.2, 0.25) is 17.7 Å². The average molecular weight is 347 g/mol. The number of ether oxygens (including phenoxy) is 1. The molecule has 1 heterocycles. The van der Waals surface area contributed by atoms with Gasteiger partial charge in [0.1, 0.15) is 12.1 Å². The van der Waals surface area contributed by atoms with Gasteiger partial charge < -0.3 is 15.4 Å². The van der Waals surface area contributed by atoms with Crippen LogP contribution in [0.5, 0.6) is 5.88 Å². The molecule has 1 aliphatic rings. The van der Waals surface area contributed by atoms with Crippen molar-refractivity contribution in [3.63, 3.8) is 0 Å². The number of carbonyl (C=O) groups is 2. The third-order valence-corrected chi connectivity index (χ3v) is 4.41. The highest BCUT2D eigenvalue weighted by molar-refractivity contribution is 5.87. The van der Waals surface area contributed by atoms with Crippen molar-refractivity contribution < 1.29 is 14.3 Å². The number of carbonyl (C=O) groups excluding carboxylic acids is 2. The second-order valence-corrected chi connectivity index (χ2v) is 7.02. The van der Waals surface area contributed by atoms with Crippen LogP contribution in [-0.4, -0.2) is 28.9 Å². The van der Waals surface area contributed by atoms with Crippen LogP contribution in [0.1, 0.15) is 58.4 Å². The minimum atomic E-state index is -0.530. The molecule has 2 rings (SSSR count). The third kappa shape index (κ3) is 6.36. The molecule has 2 N–H and O–H groups in total. The fourth-order valence-electron chi connectivity index (χ4n) is 3.03. The number of rotatable bonds is 7. The van der Waals surface area contributed by atoms with Crippen molar-refractivity contribution in [1.82, 2.24) is 15.6 Å². The molecule has 1 fully saturated rings. The van der Waals surface area contributed by atoms with E-state index in [1.54, 1.807) is 6.20 Å². The quantitative estimate of drug-likeness (QED) is 0.794. The number of nitrogens with zero attached hydrogens (tertiary/aromatic N) is 1. The standard InChI is InChI=1S/C19H29N3O3/c1-13(2)18(22-14(3)23)19(24)21-12-15-9-10-20-17(11-15)25-16-7-5-4-6-8-16/h9-11,13,16,18H,4-8,12H2,1-3H3,(H,21,24)(H,22,23). The molecule has 0 radical (unpaired) electrons. The Kier molecular flexibility index (Phi) is 7.22. The third-order valence-electron chi connectivity index (χ3n) is 4.41. The Morgan fingerprint density at radius 3 is 2.64 bits per heavy atom. The van der Waals surface area contributed by atoms with E-state index >= 15 is 0 Å². The minimum absolute atomic E-state index is 0.0199. The summed E-state index contributed by atoms with van der Waals surface area (Å²) < 4.78 is 5.96. The van der Waals surface area contributed by atoms with Crippen LogP contribution in [0.2, 0.25) is 0 Å². The summed E-state index contributed by atoms with van der Waals surface area (Å²) in [5, 5.41) is 5.57. The number of pyridine rings is 1. The average Bonchev–Trinajstić information content (AvgIpc) is 2.58. The Hall–Kier alpha value is -2.11. The van der Waals surface area contributed by atoms with Crippen LogP contribution < -0.4 is 15.4 Å². The molecule has 0 saturated heterocycles. The maximum Gasteiger partial charge on any atom is 0.243 e. The molecule has 1 saturated carbocycles. The topological polar surface area (TPSA) is 80.3 Å². The summed E-state index contributed by atoms with van der Waals surface area (Å²) in [6.07, 6.45) is 7.81. The van der Waals surface area contributed by atoms with Gasteiger partial charge in [-0.1, -0.05) is 20.3 Å². The van der Waals surface area contributed by atoms with Gasteiger partial charge in [0.15, 0.2) is 0 Å². The minimum Gasteiger partial charge on any atom is -0.474 e. The van der Waals surface area contributed by atoms with E-state index in [9.17, 15) is 9.59 Å². The Bertz CT molecular complexity index is 583. The van der Waals surface area contributed by atoms with Crippen LogP contribution in [0, 0.1) is 5.92 Å². The first-order chi connectivity index (χ1) is 12.0. The van der Waals surface area contributed by atoms with Crippen molar-refractivity contribution in [2.45, 2.75) is 71.6 Å². The van der Waals surface area contributed by atoms with Gasteiger partial charge in [-0.2, -0.15) is 0 Å². The highest BCUT2D eigenvalue weighted by Crippen LogP contribution is 2.22. The van der Waals surface area contributed by atoms with Crippen LogP contribution in [0.15, 0.2) is 18.3 Å². The van der Waals surface area contributed by atoms with Gasteiger partial charge in [-0.3, -0.25) is 9.59 Å². The first kappa shape index (κ1) is 19.2. The molecule has 6 nitrogen and oxygen atoms in total. The van der Waals surface area contributed by atoms with Gasteiger partial charge in [0, 0.05) is 25.7 Å². The zero-order valence-corrected chi connectivity index (χ0v) is 15.4. The Labute approximate surface area is 149 Å². The highest BCUT2D eigenvalue weighted by Gasteiger charge is 2.22. The summed E-state index contributed by atoms with van der Waals surface area (Å²) in [5.41, 5.74) is 0.930. The second-order valence-electron chi connectivity index (χ2n) is 7.02. The second kappa shape index (κ2) is 9.39. The molecule has 25 heavy (non-hydrogen) atoms. The molecule has 1 atom stereocenters. The summed E-state index contributed by atoms with van der Waals surface area (Å²) in [5.74, 6) is 0.241. The van der Waals surface area contributed by atoms with E-state index in [1.807, 2.05) is 26.0 Å². The summed E-state index contributed by atoms with van der Waals surface area (Å²) in [4.78, 5) is 27.8. The largest absolute Gasteiger partial charge is 0.474 e. The van der Waals surface area contributed by atoms with Gasteiger partial charge in [-0.15, -0.1) is 0 Å². The number of aromatic nitrogens is 1. The molecular formula is C19H29N3O3. The van der Waals surface area contributed by atoms with E-state index in [1.165, 1.54) is 26.2 Å². The molecular weight excluding hydrogens is 318 g/mol. The van der Waals surface area contributed by atoms with Crippen molar-refractivity contribution in [2.75, 3.05) is 0 Å². The Morgan fingerprint density at radius 1 is 1.28 bits per heavy atom. The predicted octanol–water partition coefficient (Wildman–Crippen LogP) is 2.57. The van der Waals surface area contributed by atoms with Crippen molar-refractivity contribution in [1.29, 1.82) is 0 Å². The van der Waals surface area contributed by atoms with Gasteiger partial charge in [-0.05, 0) is 43.2 Å². The number of amides is 2. The summed E-state index contributed by atoms with van der Waals surface area (Å²) in [6.45, 7) is 5.61. The molecule has 1 aliphatic carbocycles. The van der Waals surface area contributed by atoms with Gasteiger partial charge in [0.05, 0.1) is 0 Å². The normalized spacial score (nSPS) is 16.3. The van der Waals surface area contributed by atoms with Crippen LogP contribution in [-0.2, 0) is 16.1 Å². The molecule has 1 unspecified atom stereocenters. The van der Waals surface area contributed by atoms with E-state index in [0.29, 0.717) is 12.4 Å². The lowest BCUT2D eigenvalue weighted by Crippen LogP contribution is -2.48. The molecule has 6 heteroatoms. The van der Waals surface area contributed by atoms with Crippen molar-refractivity contribution in [3.05, 3.63) is 23.9 Å². The van der Waals surface area contributed by atoms with E-state index in [4.69, 9.17) is 4.74 Å². The van der Waals surface area contributed by atoms with Gasteiger partial charge >= 0.3 is 0 Å². The summed E-state index contributed by atoms with van der Waals surface area (Å²) in [6, 6.07) is 3.20. The number of hydrogen-bond donors (Lipinski definition) is 2. The van der Waals surface area contributed by atoms with Gasteiger partial charge in [0.25, 0.3) is 0 Å². The van der Waals surface area contributed by atoms with Crippen molar-refractivity contribution >= 4 is 11.8 Å². The lowest BCUT2D eigenvalue weighted by atomic mass is 9.98. The maximum atomic E-state index is 12.3. The number of nitrogens with one attached hydrogen (secondary N) is 2. The summed E-state index contributed by atoms with van der Waals surface area (Å²) in [7, 11) is 0. The molecule has 138 valence electrons. The first-order valence-electron chi connectivity index (χ1n) is 9.12. The molecule has 2 amide bonds.